The molecule has 2 heterocycles. The second kappa shape index (κ2) is 14.2. The number of aromatic nitrogens is 3. The minimum Gasteiger partial charge on any atom is -0.481 e. The van der Waals surface area contributed by atoms with Crippen LogP contribution in [0.4, 0.5) is 26.3 Å². The van der Waals surface area contributed by atoms with Crippen molar-refractivity contribution in [3.05, 3.63) is 71.2 Å². The highest BCUT2D eigenvalue weighted by molar-refractivity contribution is 5.83. The van der Waals surface area contributed by atoms with E-state index < -0.39 is 103 Å². The molecule has 0 unspecified atom stereocenters. The molecule has 48 heavy (non-hydrogen) atoms. The summed E-state index contributed by atoms with van der Waals surface area (Å²) < 4.78 is 90.1. The van der Waals surface area contributed by atoms with Crippen LogP contribution >= 0.6 is 0 Å². The number of carboxylic acid groups (broad SMARTS) is 1. The Labute approximate surface area is 269 Å². The van der Waals surface area contributed by atoms with Gasteiger partial charge in [0.1, 0.15) is 24.0 Å². The molecule has 7 atom stereocenters. The predicted molar refractivity (Wildman–Crippen MR) is 152 cm³/mol. The number of hydrogen-bond donors (Lipinski definition) is 4. The molecule has 1 aromatic heterocycles. The molecule has 260 valence electrons. The van der Waals surface area contributed by atoms with Gasteiger partial charge in [0.15, 0.2) is 17.5 Å². The Morgan fingerprint density at radius 3 is 2.33 bits per heavy atom. The number of aliphatic carboxylic acids is 1. The molecule has 4 N–H and O–H groups in total. The topological polar surface area (TPSA) is 158 Å². The molecule has 1 amide bonds. The number of hydrogen-bond acceptors (Lipinski definition) is 8. The summed E-state index contributed by atoms with van der Waals surface area (Å²) in [7, 11) is 0. The Morgan fingerprint density at radius 1 is 1.04 bits per heavy atom. The summed E-state index contributed by atoms with van der Waals surface area (Å²) in [6.45, 7) is -1.53. The predicted octanol–water partition coefficient (Wildman–Crippen LogP) is 3.47. The van der Waals surface area contributed by atoms with Gasteiger partial charge in [-0.3, -0.25) is 9.59 Å². The van der Waals surface area contributed by atoms with E-state index in [-0.39, 0.29) is 29.7 Å². The summed E-state index contributed by atoms with van der Waals surface area (Å²) in [5, 5.41) is 49.8. The van der Waals surface area contributed by atoms with Crippen molar-refractivity contribution >= 4 is 11.9 Å². The molecule has 1 aliphatic carbocycles. The number of carbonyl (C=O) groups excluding carboxylic acids is 1. The van der Waals surface area contributed by atoms with Gasteiger partial charge in [-0.15, -0.1) is 5.10 Å². The minimum atomic E-state index is -4.79. The van der Waals surface area contributed by atoms with Crippen LogP contribution in [0.2, 0.25) is 0 Å². The van der Waals surface area contributed by atoms with E-state index in [1.165, 1.54) is 18.2 Å². The highest BCUT2D eigenvalue weighted by Gasteiger charge is 2.52. The number of amides is 1. The van der Waals surface area contributed by atoms with Crippen molar-refractivity contribution in [2.45, 2.75) is 81.3 Å². The van der Waals surface area contributed by atoms with Gasteiger partial charge in [-0.2, -0.15) is 13.2 Å². The Kier molecular flexibility index (Phi) is 10.4. The van der Waals surface area contributed by atoms with Crippen molar-refractivity contribution in [1.82, 2.24) is 19.9 Å². The smallest absolute Gasteiger partial charge is 0.416 e. The lowest BCUT2D eigenvalue weighted by Gasteiger charge is -2.46. The van der Waals surface area contributed by atoms with Gasteiger partial charge in [0.05, 0.1) is 43.0 Å². The first kappa shape index (κ1) is 35.3. The van der Waals surface area contributed by atoms with Gasteiger partial charge in [-0.05, 0) is 36.6 Å². The average Bonchev–Trinajstić information content (AvgIpc) is 3.52. The van der Waals surface area contributed by atoms with Gasteiger partial charge in [-0.25, -0.2) is 17.9 Å². The Bertz CT molecular complexity index is 1620. The summed E-state index contributed by atoms with van der Waals surface area (Å²) in [4.78, 5) is 27.6. The second-order valence-electron chi connectivity index (χ2n) is 11.9. The van der Waals surface area contributed by atoms with Gasteiger partial charge in [-0.1, -0.05) is 36.3 Å². The highest BCUT2D eigenvalue weighted by atomic mass is 19.4. The molecule has 17 heteroatoms. The van der Waals surface area contributed by atoms with Gasteiger partial charge >= 0.3 is 12.1 Å². The fourth-order valence-corrected chi connectivity index (χ4v) is 6.55. The molecule has 0 radical (unpaired) electrons. The zero-order valence-corrected chi connectivity index (χ0v) is 25.1. The molecule has 1 aliphatic heterocycles. The normalized spacial score (nSPS) is 26.3. The average molecular weight is 687 g/mol. The van der Waals surface area contributed by atoms with E-state index in [1.807, 2.05) is 0 Å². The number of ether oxygens (including phenoxy) is 1. The lowest BCUT2D eigenvalue weighted by Crippen LogP contribution is -2.60. The molecule has 3 aromatic rings. The van der Waals surface area contributed by atoms with Crippen molar-refractivity contribution in [2.24, 2.45) is 5.92 Å². The number of rotatable bonds is 9. The van der Waals surface area contributed by atoms with E-state index in [0.29, 0.717) is 25.0 Å². The maximum Gasteiger partial charge on any atom is 0.416 e. The lowest BCUT2D eigenvalue weighted by molar-refractivity contribution is -0.202. The van der Waals surface area contributed by atoms with Gasteiger partial charge < -0.3 is 30.1 Å². The number of carboxylic acids is 1. The van der Waals surface area contributed by atoms with Crippen molar-refractivity contribution in [3.63, 3.8) is 0 Å². The van der Waals surface area contributed by atoms with Crippen molar-refractivity contribution < 1.29 is 61.1 Å². The fourth-order valence-electron chi connectivity index (χ4n) is 6.55. The molecule has 0 spiro atoms. The first-order chi connectivity index (χ1) is 22.7. The van der Waals surface area contributed by atoms with Crippen LogP contribution in [0.5, 0.6) is 0 Å². The SMILES string of the molecule is O=C(O)C[C@@H]1[C@H](n2cc(-c3cc(F)c(F)c(F)c3)nn2)[C@@H](O)[C@@H](CO)O[C@H]1C(=O)N(Cc1ccccc1C(F)(F)F)[C@H]1CCCC[C@@H]1O. The fraction of sp³-hybridized carbons (Fsp3) is 0.484. The molecular formula is C31H32F6N4O7. The monoisotopic (exact) mass is 686 g/mol. The van der Waals surface area contributed by atoms with Crippen LogP contribution in [0.25, 0.3) is 11.3 Å². The molecular weight excluding hydrogens is 654 g/mol. The molecule has 1 saturated carbocycles. The first-order valence-electron chi connectivity index (χ1n) is 15.1. The molecule has 0 bridgehead atoms. The third-order valence-electron chi connectivity index (χ3n) is 8.85. The molecule has 2 aliphatic rings. The molecule has 2 aromatic carbocycles. The van der Waals surface area contributed by atoms with Crippen LogP contribution < -0.4 is 0 Å². The van der Waals surface area contributed by atoms with E-state index in [1.54, 1.807) is 0 Å². The van der Waals surface area contributed by atoms with Crippen LogP contribution in [0.3, 0.4) is 0 Å². The number of benzene rings is 2. The molecule has 2 fully saturated rings. The van der Waals surface area contributed by atoms with Crippen LogP contribution in [0.1, 0.15) is 49.3 Å². The Hall–Kier alpha value is -4.06. The Balaban J connectivity index is 1.57. The van der Waals surface area contributed by atoms with Crippen molar-refractivity contribution in [1.29, 1.82) is 0 Å². The van der Waals surface area contributed by atoms with Gasteiger partial charge in [0, 0.05) is 18.0 Å². The third kappa shape index (κ3) is 7.18. The lowest BCUT2D eigenvalue weighted by atomic mass is 9.81. The number of carbonyl (C=O) groups is 2. The van der Waals surface area contributed by atoms with E-state index >= 15 is 0 Å². The van der Waals surface area contributed by atoms with Crippen LogP contribution in [0, 0.1) is 23.4 Å². The van der Waals surface area contributed by atoms with Gasteiger partial charge in [0.25, 0.3) is 5.91 Å². The number of aliphatic hydroxyl groups is 3. The number of halogens is 6. The number of nitrogens with zero attached hydrogens (tertiary/aromatic N) is 4. The number of aliphatic hydroxyl groups excluding tert-OH is 3. The first-order valence-corrected chi connectivity index (χ1v) is 15.1. The summed E-state index contributed by atoms with van der Waals surface area (Å²) >= 11 is 0. The van der Waals surface area contributed by atoms with E-state index in [4.69, 9.17) is 4.74 Å². The maximum atomic E-state index is 14.5. The zero-order chi connectivity index (χ0) is 34.9. The van der Waals surface area contributed by atoms with Gasteiger partial charge in [0.2, 0.25) is 0 Å². The summed E-state index contributed by atoms with van der Waals surface area (Å²) in [5.74, 6) is -8.75. The maximum absolute atomic E-state index is 14.5. The quantitative estimate of drug-likeness (QED) is 0.196. The molecule has 5 rings (SSSR count). The van der Waals surface area contributed by atoms with E-state index in [0.717, 1.165) is 21.8 Å². The molecule has 1 saturated heterocycles. The molecule has 11 nitrogen and oxygen atoms in total. The Morgan fingerprint density at radius 2 is 1.71 bits per heavy atom. The van der Waals surface area contributed by atoms with Crippen LogP contribution in [0.15, 0.2) is 42.6 Å². The van der Waals surface area contributed by atoms with Crippen molar-refractivity contribution in [2.75, 3.05) is 6.61 Å². The van der Waals surface area contributed by atoms with Crippen LogP contribution in [-0.4, -0.2) is 89.3 Å². The van der Waals surface area contributed by atoms with Crippen molar-refractivity contribution in [3.8, 4) is 11.3 Å². The summed E-state index contributed by atoms with van der Waals surface area (Å²) in [6.07, 6.45) is -9.20. The highest BCUT2D eigenvalue weighted by Crippen LogP contribution is 2.40. The third-order valence-corrected chi connectivity index (χ3v) is 8.85. The summed E-state index contributed by atoms with van der Waals surface area (Å²) in [6, 6.07) is 3.35. The second-order valence-corrected chi connectivity index (χ2v) is 11.9. The minimum absolute atomic E-state index is 0.212. The zero-order valence-electron chi connectivity index (χ0n) is 25.1. The summed E-state index contributed by atoms with van der Waals surface area (Å²) in [5.41, 5.74) is -1.80. The standard InChI is InChI=1S/C31H32F6N4O7/c32-19-9-16(10-20(33)26(19)34)21-13-41(39-38-21)27-17(11-25(44)45)29(48-24(14-42)28(27)46)30(47)40(22-7-3-4-8-23(22)43)12-15-5-1-2-6-18(15)31(35,36)37/h1-2,5-6,9-10,13,17,22-24,27-29,42-43,46H,3-4,7-8,11-12,14H2,(H,44,45)/t17-,22+,23+,24-,27+,28+,29-/m1/s1. The number of alkyl halides is 3. The van der Waals surface area contributed by atoms with Crippen LogP contribution in [-0.2, 0) is 27.0 Å². The van der Waals surface area contributed by atoms with E-state index in [9.17, 15) is 56.4 Å². The largest absolute Gasteiger partial charge is 0.481 e. The van der Waals surface area contributed by atoms with E-state index in [2.05, 4.69) is 10.3 Å².